The Kier molecular flexibility index (Phi) is 7.52. The van der Waals surface area contributed by atoms with Crippen LogP contribution in [0.15, 0.2) is 140 Å². The van der Waals surface area contributed by atoms with Gasteiger partial charge in [-0.15, -0.1) is 0 Å². The summed E-state index contributed by atoms with van der Waals surface area (Å²) in [7, 11) is 0. The van der Waals surface area contributed by atoms with Crippen molar-refractivity contribution in [1.82, 2.24) is 0 Å². The van der Waals surface area contributed by atoms with Crippen molar-refractivity contribution < 1.29 is 0 Å². The third-order valence-electron chi connectivity index (χ3n) is 8.12. The van der Waals surface area contributed by atoms with Crippen LogP contribution >= 0.6 is 0 Å². The minimum atomic E-state index is 1.00. The van der Waals surface area contributed by atoms with E-state index >= 15 is 0 Å². The van der Waals surface area contributed by atoms with Gasteiger partial charge in [-0.05, 0) is 100 Å². The predicted octanol–water partition coefficient (Wildman–Crippen LogP) is 11.1. The second kappa shape index (κ2) is 11.7. The quantitative estimate of drug-likeness (QED) is 0.224. The number of fused-ring (bicyclic) bond motifs is 3. The van der Waals surface area contributed by atoms with Crippen LogP contribution in [0.4, 0.5) is 11.4 Å². The number of benzene rings is 4. The van der Waals surface area contributed by atoms with Gasteiger partial charge in [0.2, 0.25) is 0 Å². The summed E-state index contributed by atoms with van der Waals surface area (Å²) in [6.07, 6.45) is 16.4. The molecule has 1 nitrogen and oxygen atoms in total. The van der Waals surface area contributed by atoms with Gasteiger partial charge in [-0.2, -0.15) is 0 Å². The van der Waals surface area contributed by atoms with Gasteiger partial charge in [-0.3, -0.25) is 0 Å². The number of hydrogen-bond acceptors (Lipinski definition) is 1. The van der Waals surface area contributed by atoms with Crippen LogP contribution < -0.4 is 5.32 Å². The van der Waals surface area contributed by atoms with Gasteiger partial charge in [0.15, 0.2) is 0 Å². The van der Waals surface area contributed by atoms with Gasteiger partial charge < -0.3 is 5.32 Å². The Hall–Kier alpha value is -4.88. The summed E-state index contributed by atoms with van der Waals surface area (Å²) in [6, 6.07) is 32.1. The lowest BCUT2D eigenvalue weighted by Crippen LogP contribution is -1.96. The van der Waals surface area contributed by atoms with Crippen LogP contribution in [0.2, 0.25) is 0 Å². The maximum Gasteiger partial charge on any atom is 0.0463 e. The normalized spacial score (nSPS) is 14.5. The van der Waals surface area contributed by atoms with Crippen molar-refractivity contribution in [1.29, 1.82) is 0 Å². The fraction of sp³-hybridized carbons (Fsp3) is 0.100. The van der Waals surface area contributed by atoms with E-state index in [9.17, 15) is 0 Å². The van der Waals surface area contributed by atoms with Crippen molar-refractivity contribution in [2.75, 3.05) is 5.32 Å². The van der Waals surface area contributed by atoms with Crippen LogP contribution in [0.3, 0.4) is 0 Å². The van der Waals surface area contributed by atoms with Gasteiger partial charge >= 0.3 is 0 Å². The topological polar surface area (TPSA) is 12.0 Å². The second-order valence-corrected chi connectivity index (χ2v) is 10.7. The molecule has 0 spiro atoms. The molecular formula is C40H35N. The van der Waals surface area contributed by atoms with E-state index in [0.29, 0.717) is 0 Å². The monoisotopic (exact) mass is 529 g/mol. The Bertz CT molecular complexity index is 1760. The Morgan fingerprint density at radius 1 is 0.756 bits per heavy atom. The number of nitrogens with one attached hydrogen (secondary N) is 1. The maximum absolute atomic E-state index is 4.18. The van der Waals surface area contributed by atoms with E-state index < -0.39 is 0 Å². The maximum atomic E-state index is 4.18. The van der Waals surface area contributed by atoms with Gasteiger partial charge in [0.1, 0.15) is 0 Å². The molecular weight excluding hydrogens is 494 g/mol. The zero-order chi connectivity index (χ0) is 28.2. The van der Waals surface area contributed by atoms with Gasteiger partial charge in [0.05, 0.1) is 0 Å². The highest BCUT2D eigenvalue weighted by Gasteiger charge is 2.25. The lowest BCUT2D eigenvalue weighted by molar-refractivity contribution is 1.02. The van der Waals surface area contributed by atoms with Crippen LogP contribution in [0, 0.1) is 0 Å². The predicted molar refractivity (Wildman–Crippen MR) is 179 cm³/mol. The smallest absolute Gasteiger partial charge is 0.0463 e. The van der Waals surface area contributed by atoms with E-state index in [2.05, 4.69) is 135 Å². The highest BCUT2D eigenvalue weighted by atomic mass is 14.9. The molecule has 2 aliphatic carbocycles. The molecule has 200 valence electrons. The Morgan fingerprint density at radius 2 is 1.54 bits per heavy atom. The largest absolute Gasteiger partial charge is 0.355 e. The average molecular weight is 530 g/mol. The summed E-state index contributed by atoms with van der Waals surface area (Å²) in [5.41, 5.74) is 16.0. The lowest BCUT2D eigenvalue weighted by Gasteiger charge is -2.15. The molecule has 1 N–H and O–H groups in total. The number of rotatable bonds is 8. The molecule has 0 unspecified atom stereocenters. The van der Waals surface area contributed by atoms with E-state index in [1.165, 1.54) is 44.5 Å². The van der Waals surface area contributed by atoms with Crippen molar-refractivity contribution in [2.24, 2.45) is 0 Å². The van der Waals surface area contributed by atoms with Gasteiger partial charge in [-0.1, -0.05) is 122 Å². The van der Waals surface area contributed by atoms with E-state index in [1.807, 2.05) is 18.2 Å². The first-order chi connectivity index (χ1) is 20.2. The first-order valence-electron chi connectivity index (χ1n) is 14.4. The molecule has 0 saturated heterocycles. The molecule has 4 aromatic rings. The third kappa shape index (κ3) is 5.32. The fourth-order valence-corrected chi connectivity index (χ4v) is 6.01. The van der Waals surface area contributed by atoms with E-state index in [-0.39, 0.29) is 0 Å². The minimum Gasteiger partial charge on any atom is -0.355 e. The highest BCUT2D eigenvalue weighted by molar-refractivity contribution is 5.91. The molecule has 1 heteroatoms. The molecule has 0 fully saturated rings. The van der Waals surface area contributed by atoms with Crippen molar-refractivity contribution in [3.8, 4) is 11.1 Å². The summed E-state index contributed by atoms with van der Waals surface area (Å²) >= 11 is 0. The Morgan fingerprint density at radius 3 is 2.37 bits per heavy atom. The fourth-order valence-electron chi connectivity index (χ4n) is 6.01. The first-order valence-corrected chi connectivity index (χ1v) is 14.4. The molecule has 0 atom stereocenters. The Labute approximate surface area is 244 Å². The zero-order valence-electron chi connectivity index (χ0n) is 23.7. The van der Waals surface area contributed by atoms with Crippen LogP contribution in [-0.2, 0) is 6.42 Å². The molecule has 4 aromatic carbocycles. The van der Waals surface area contributed by atoms with Gasteiger partial charge in [0.25, 0.3) is 0 Å². The lowest BCUT2D eigenvalue weighted by atomic mass is 9.94. The van der Waals surface area contributed by atoms with Gasteiger partial charge in [0, 0.05) is 16.9 Å². The van der Waals surface area contributed by atoms with Crippen LogP contribution in [0.5, 0.6) is 0 Å². The molecule has 0 saturated carbocycles. The molecule has 0 heterocycles. The summed E-state index contributed by atoms with van der Waals surface area (Å²) in [5.74, 6) is 0. The molecule has 0 radical (unpaired) electrons. The summed E-state index contributed by atoms with van der Waals surface area (Å²) in [5, 5.41) is 3.67. The summed E-state index contributed by atoms with van der Waals surface area (Å²) in [4.78, 5) is 0. The SMILES string of the molecule is C=C/C(=C\C=C(/C)c1cc(Nc2ccccc2-c2ccccc2)ccc1C=C)c1cccc2c1CC1=CCCC=C12. The molecule has 0 aliphatic heterocycles. The average Bonchev–Trinajstić information content (AvgIpc) is 3.41. The number of para-hydroxylation sites is 1. The molecule has 0 bridgehead atoms. The van der Waals surface area contributed by atoms with Gasteiger partial charge in [-0.25, -0.2) is 0 Å². The number of hydrogen-bond donors (Lipinski definition) is 1. The molecule has 0 amide bonds. The molecule has 6 rings (SSSR count). The van der Waals surface area contributed by atoms with Crippen molar-refractivity contribution >= 4 is 34.2 Å². The highest BCUT2D eigenvalue weighted by Crippen LogP contribution is 2.42. The number of anilines is 2. The summed E-state index contributed by atoms with van der Waals surface area (Å²) < 4.78 is 0. The van der Waals surface area contributed by atoms with Crippen LogP contribution in [-0.4, -0.2) is 0 Å². The van der Waals surface area contributed by atoms with E-state index in [1.54, 1.807) is 0 Å². The first kappa shape index (κ1) is 26.3. The van der Waals surface area contributed by atoms with Crippen molar-refractivity contribution in [3.63, 3.8) is 0 Å². The molecule has 41 heavy (non-hydrogen) atoms. The standard InChI is InChI=1S/C40H35N/c1-4-29(34-19-13-20-37-35-17-10-9-16-32(35)26-39(34)37)23-22-28(3)38-27-33(25-24-30(38)5-2)41-40-21-12-11-18-36(40)31-14-7-6-8-15-31/h4-8,11-25,27,41H,1-2,9-10,26H2,3H3/b28-22+,29-23+. The molecule has 2 aliphatic rings. The zero-order valence-corrected chi connectivity index (χ0v) is 23.7. The van der Waals surface area contributed by atoms with Crippen LogP contribution in [0.1, 0.15) is 47.6 Å². The second-order valence-electron chi connectivity index (χ2n) is 10.7. The van der Waals surface area contributed by atoms with E-state index in [0.717, 1.165) is 47.3 Å². The van der Waals surface area contributed by atoms with Crippen molar-refractivity contribution in [3.05, 3.63) is 168 Å². The summed E-state index contributed by atoms with van der Waals surface area (Å²) in [6.45, 7) is 10.4. The number of allylic oxidation sites excluding steroid dienone is 9. The van der Waals surface area contributed by atoms with Crippen LogP contribution in [0.25, 0.3) is 33.9 Å². The van der Waals surface area contributed by atoms with E-state index in [4.69, 9.17) is 0 Å². The third-order valence-corrected chi connectivity index (χ3v) is 8.12. The minimum absolute atomic E-state index is 1.00. The Balaban J connectivity index is 1.33. The molecule has 0 aromatic heterocycles. The van der Waals surface area contributed by atoms with Crippen molar-refractivity contribution in [2.45, 2.75) is 26.2 Å².